The molecular formula is C24H35IN4O3S. The van der Waals surface area contributed by atoms with Crippen LogP contribution < -0.4 is 5.32 Å². The van der Waals surface area contributed by atoms with Crippen molar-refractivity contribution < 1.29 is 14.3 Å². The fourth-order valence-corrected chi connectivity index (χ4v) is 4.28. The summed E-state index contributed by atoms with van der Waals surface area (Å²) < 4.78 is 6.71. The number of nitrogens with one attached hydrogen (secondary N) is 1. The van der Waals surface area contributed by atoms with E-state index in [4.69, 9.17) is 4.74 Å². The maximum atomic E-state index is 12.7. The Kier molecular flexibility index (Phi) is 13.9. The molecule has 0 unspecified atom stereocenters. The molecule has 1 amide bonds. The Labute approximate surface area is 214 Å². The molecule has 0 radical (unpaired) electrons. The summed E-state index contributed by atoms with van der Waals surface area (Å²) in [5.74, 6) is -0.255. The average molecular weight is 587 g/mol. The van der Waals surface area contributed by atoms with Crippen LogP contribution in [0.1, 0.15) is 57.6 Å². The summed E-state index contributed by atoms with van der Waals surface area (Å²) in [5.41, 5.74) is 2.49. The number of hydrogen-bond donors (Lipinski definition) is 1. The van der Waals surface area contributed by atoms with Crippen molar-refractivity contribution in [2.45, 2.75) is 53.6 Å². The van der Waals surface area contributed by atoms with Gasteiger partial charge in [0.2, 0.25) is 5.78 Å². The topological polar surface area (TPSA) is 87.4 Å². The Balaban J connectivity index is 0.000000786. The van der Waals surface area contributed by atoms with Gasteiger partial charge >= 0.3 is 6.09 Å². The summed E-state index contributed by atoms with van der Waals surface area (Å²) in [7, 11) is 6.56. The number of aromatic nitrogens is 1. The van der Waals surface area contributed by atoms with E-state index in [1.54, 1.807) is 25.2 Å². The number of amides is 1. The molecule has 2 rings (SSSR count). The number of carbonyl (C=O) groups excluding carboxylic acids is 2. The molecule has 33 heavy (non-hydrogen) atoms. The van der Waals surface area contributed by atoms with Crippen LogP contribution >= 0.6 is 30.3 Å². The zero-order valence-corrected chi connectivity index (χ0v) is 23.9. The number of alkyl carbamates (subject to hydrolysis) is 1. The van der Waals surface area contributed by atoms with Gasteiger partial charge in [-0.1, -0.05) is 26.8 Å². The first-order valence-corrected chi connectivity index (χ1v) is 14.0. The van der Waals surface area contributed by atoms with E-state index in [9.17, 15) is 14.9 Å². The van der Waals surface area contributed by atoms with Gasteiger partial charge in [0.05, 0.1) is 5.52 Å². The second kappa shape index (κ2) is 14.9. The molecule has 0 bridgehead atoms. The summed E-state index contributed by atoms with van der Waals surface area (Å²) in [5, 5.41) is 12.6. The van der Waals surface area contributed by atoms with Crippen LogP contribution in [-0.4, -0.2) is 47.5 Å². The van der Waals surface area contributed by atoms with Gasteiger partial charge in [0.1, 0.15) is 22.9 Å². The highest BCUT2D eigenvalue weighted by Crippen LogP contribution is 2.30. The first-order valence-electron chi connectivity index (χ1n) is 10.6. The number of nitrogens with zero attached hydrogens (tertiary/aromatic N) is 3. The average Bonchev–Trinajstić information content (AvgIpc) is 3.15. The summed E-state index contributed by atoms with van der Waals surface area (Å²) in [6.07, 6.45) is 2.12. The van der Waals surface area contributed by atoms with E-state index in [1.807, 2.05) is 56.8 Å². The summed E-state index contributed by atoms with van der Waals surface area (Å²) in [4.78, 5) is 24.9. The molecule has 0 aliphatic rings. The molecule has 1 heterocycles. The van der Waals surface area contributed by atoms with Crippen LogP contribution in [0.5, 0.6) is 0 Å². The third-order valence-corrected chi connectivity index (χ3v) is 5.60. The van der Waals surface area contributed by atoms with Crippen molar-refractivity contribution in [3.05, 3.63) is 47.3 Å². The van der Waals surface area contributed by atoms with E-state index in [2.05, 4.69) is 45.6 Å². The molecule has 2 aromatic rings. The smallest absolute Gasteiger partial charge is 0.407 e. The summed E-state index contributed by atoms with van der Waals surface area (Å²) in [6.45, 7) is 11.6. The Morgan fingerprint density at radius 2 is 1.88 bits per heavy atom. The molecule has 0 spiro atoms. The van der Waals surface area contributed by atoms with Crippen LogP contribution in [0.15, 0.2) is 36.0 Å². The van der Waals surface area contributed by atoms with Gasteiger partial charge < -0.3 is 15.0 Å². The molecule has 0 aliphatic carbocycles. The van der Waals surface area contributed by atoms with Crippen LogP contribution in [0.2, 0.25) is 0 Å². The van der Waals surface area contributed by atoms with Gasteiger partial charge in [0.15, 0.2) is 0 Å². The molecule has 0 fully saturated rings. The standard InChI is InChI=1S/C16H16IN3OS.C6H13NO2.C2H6/c1-4-11-5-6-14-12(7-11)8-15(20(14)22-17)16(21)13(9-18)10-19(2)3;1-6(2,3)9-5(8)7-4;1-2/h5-8,10H,4H2,1-3H3;1-4H3,(H,7,8);1-2H3/b13-10+;;. The number of ketones is 1. The Morgan fingerprint density at radius 3 is 2.27 bits per heavy atom. The molecule has 1 aromatic heterocycles. The predicted molar refractivity (Wildman–Crippen MR) is 147 cm³/mol. The van der Waals surface area contributed by atoms with Crippen molar-refractivity contribution in [3.63, 3.8) is 0 Å². The van der Waals surface area contributed by atoms with Crippen LogP contribution in [-0.2, 0) is 11.2 Å². The third-order valence-electron chi connectivity index (χ3n) is 3.89. The van der Waals surface area contributed by atoms with Gasteiger partial charge in [0, 0.05) is 63.1 Å². The van der Waals surface area contributed by atoms with Gasteiger partial charge in [-0.05, 0) is 51.0 Å². The Morgan fingerprint density at radius 1 is 1.27 bits per heavy atom. The lowest BCUT2D eigenvalue weighted by Gasteiger charge is -2.18. The highest BCUT2D eigenvalue weighted by molar-refractivity contribution is 14.2. The quantitative estimate of drug-likeness (QED) is 0.190. The van der Waals surface area contributed by atoms with Gasteiger partial charge in [-0.2, -0.15) is 5.26 Å². The lowest BCUT2D eigenvalue weighted by atomic mass is 10.1. The molecule has 0 saturated heterocycles. The minimum absolute atomic E-state index is 0.134. The first-order chi connectivity index (χ1) is 15.5. The monoisotopic (exact) mass is 586 g/mol. The van der Waals surface area contributed by atoms with Crippen molar-refractivity contribution in [2.24, 2.45) is 0 Å². The molecule has 7 nitrogen and oxygen atoms in total. The number of Topliss-reactive ketones (excluding diaryl/α,β-unsaturated/α-hetero) is 1. The first kappa shape index (κ1) is 30.8. The van der Waals surface area contributed by atoms with Crippen LogP contribution in [0.25, 0.3) is 10.9 Å². The molecule has 0 aliphatic heterocycles. The molecular weight excluding hydrogens is 551 g/mol. The molecule has 1 N–H and O–H groups in total. The number of hydrogen-bond acceptors (Lipinski definition) is 6. The van der Waals surface area contributed by atoms with Crippen molar-refractivity contribution in [1.82, 2.24) is 14.2 Å². The van der Waals surface area contributed by atoms with Crippen LogP contribution in [0, 0.1) is 11.3 Å². The van der Waals surface area contributed by atoms with Crippen LogP contribution in [0.4, 0.5) is 4.79 Å². The lowest BCUT2D eigenvalue weighted by molar-refractivity contribution is 0.0541. The lowest BCUT2D eigenvalue weighted by Crippen LogP contribution is -2.30. The van der Waals surface area contributed by atoms with Gasteiger partial charge in [-0.3, -0.25) is 8.77 Å². The molecule has 182 valence electrons. The zero-order chi connectivity index (χ0) is 25.8. The second-order valence-corrected chi connectivity index (χ2v) is 9.52. The molecule has 0 atom stereocenters. The van der Waals surface area contributed by atoms with Crippen molar-refractivity contribution in [3.8, 4) is 6.07 Å². The van der Waals surface area contributed by atoms with Gasteiger partial charge in [0.25, 0.3) is 0 Å². The van der Waals surface area contributed by atoms with Crippen molar-refractivity contribution >= 4 is 53.1 Å². The number of ether oxygens (including phenoxy) is 1. The third kappa shape index (κ3) is 10.1. The van der Waals surface area contributed by atoms with Gasteiger partial charge in [-0.15, -0.1) is 0 Å². The largest absolute Gasteiger partial charge is 0.444 e. The minimum Gasteiger partial charge on any atom is -0.444 e. The van der Waals surface area contributed by atoms with E-state index >= 15 is 0 Å². The van der Waals surface area contributed by atoms with Gasteiger partial charge in [-0.25, -0.2) is 4.79 Å². The maximum absolute atomic E-state index is 12.7. The van der Waals surface area contributed by atoms with E-state index in [-0.39, 0.29) is 23.1 Å². The number of fused-ring (bicyclic) bond motifs is 1. The number of benzene rings is 1. The Hall–Kier alpha value is -2.19. The number of halogens is 1. The second-order valence-electron chi connectivity index (χ2n) is 7.84. The summed E-state index contributed by atoms with van der Waals surface area (Å²) >= 11 is 2.15. The molecule has 0 saturated carbocycles. The van der Waals surface area contributed by atoms with Crippen LogP contribution in [0.3, 0.4) is 0 Å². The van der Waals surface area contributed by atoms with Crippen molar-refractivity contribution in [2.75, 3.05) is 21.1 Å². The number of carbonyl (C=O) groups is 2. The van der Waals surface area contributed by atoms with E-state index in [0.717, 1.165) is 17.3 Å². The number of aryl methyl sites for hydroxylation is 1. The number of allylic oxidation sites excluding steroid dienone is 1. The van der Waals surface area contributed by atoms with E-state index < -0.39 is 0 Å². The highest BCUT2D eigenvalue weighted by atomic mass is 127. The SMILES string of the molecule is CC.CCc1ccc2c(c1)cc(C(=O)/C(C#N)=C/N(C)C)n2SI.CNC(=O)OC(C)(C)C. The summed E-state index contributed by atoms with van der Waals surface area (Å²) in [6, 6.07) is 10.0. The maximum Gasteiger partial charge on any atom is 0.407 e. The molecule has 1 aromatic carbocycles. The minimum atomic E-state index is -0.389. The highest BCUT2D eigenvalue weighted by Gasteiger charge is 2.20. The normalized spacial score (nSPS) is 10.8. The molecule has 9 heteroatoms. The van der Waals surface area contributed by atoms with Crippen molar-refractivity contribution in [1.29, 1.82) is 5.26 Å². The van der Waals surface area contributed by atoms with E-state index in [1.165, 1.54) is 21.7 Å². The zero-order valence-electron chi connectivity index (χ0n) is 20.9. The predicted octanol–water partition coefficient (Wildman–Crippen LogP) is 6.37. The fourth-order valence-electron chi connectivity index (χ4n) is 2.56. The fraction of sp³-hybridized carbons (Fsp3) is 0.458. The number of rotatable bonds is 5. The Bertz CT molecular complexity index is 1000. The number of nitriles is 1. The van der Waals surface area contributed by atoms with E-state index in [0.29, 0.717) is 5.69 Å².